The van der Waals surface area contributed by atoms with Gasteiger partial charge in [-0.05, 0) is 18.2 Å². The summed E-state index contributed by atoms with van der Waals surface area (Å²) in [5.41, 5.74) is 2.96. The van der Waals surface area contributed by atoms with Gasteiger partial charge in [0, 0.05) is 36.7 Å². The van der Waals surface area contributed by atoms with Gasteiger partial charge in [-0.1, -0.05) is 0 Å². The lowest BCUT2D eigenvalue weighted by atomic mass is 10.0. The summed E-state index contributed by atoms with van der Waals surface area (Å²) in [5, 5.41) is 4.12. The minimum atomic E-state index is -4.45. The smallest absolute Gasteiger partial charge is 0.321 e. The number of hydrogen-bond acceptors (Lipinski definition) is 5. The number of fused-ring (bicyclic) bond motifs is 1. The highest BCUT2D eigenvalue weighted by atomic mass is 19.4. The Labute approximate surface area is 129 Å². The molecule has 0 bridgehead atoms. The number of hydrogen-bond donors (Lipinski definition) is 2. The van der Waals surface area contributed by atoms with Gasteiger partial charge in [0.25, 0.3) is 0 Å². The number of allylic oxidation sites excluding steroid dienone is 2. The Morgan fingerprint density at radius 1 is 1.35 bits per heavy atom. The Balaban J connectivity index is 1.83. The second-order valence-corrected chi connectivity index (χ2v) is 4.97. The molecule has 0 saturated heterocycles. The van der Waals surface area contributed by atoms with Gasteiger partial charge in [-0.2, -0.15) is 18.6 Å². The van der Waals surface area contributed by atoms with Crippen molar-refractivity contribution in [2.24, 2.45) is 4.99 Å². The van der Waals surface area contributed by atoms with E-state index in [2.05, 4.69) is 20.7 Å². The van der Waals surface area contributed by atoms with Crippen LogP contribution >= 0.6 is 0 Å². The van der Waals surface area contributed by atoms with Gasteiger partial charge in [-0.3, -0.25) is 14.8 Å². The highest BCUT2D eigenvalue weighted by molar-refractivity contribution is 6.00. The molecule has 1 aromatic rings. The fourth-order valence-electron chi connectivity index (χ4n) is 2.18. The summed E-state index contributed by atoms with van der Waals surface area (Å²) in [6, 6.07) is 1.03. The molecule has 2 aliphatic rings. The number of pyridine rings is 1. The number of alkyl halides is 3. The zero-order valence-electron chi connectivity index (χ0n) is 11.9. The number of aromatic nitrogens is 1. The SMILES string of the molecule is CC(=O)NC1N=C2C=CC(c3cncc(C(F)(F)F)c3)=CN2N1. The molecule has 3 heterocycles. The molecular weight excluding hydrogens is 311 g/mol. The van der Waals surface area contributed by atoms with Crippen LogP contribution in [0.3, 0.4) is 0 Å². The standard InChI is InChI=1S/C14H12F3N5O/c1-8(23)19-13-20-12-3-2-9(7-22(12)21-13)10-4-11(6-18-5-10)14(15,16)17/h2-7,13,21H,1H3,(H,19,23). The maximum atomic E-state index is 12.8. The highest BCUT2D eigenvalue weighted by Crippen LogP contribution is 2.31. The van der Waals surface area contributed by atoms with E-state index in [4.69, 9.17) is 0 Å². The van der Waals surface area contributed by atoms with Crippen molar-refractivity contribution in [2.75, 3.05) is 0 Å². The van der Waals surface area contributed by atoms with Crippen LogP contribution in [0.2, 0.25) is 0 Å². The van der Waals surface area contributed by atoms with Crippen LogP contribution in [0.1, 0.15) is 18.1 Å². The summed E-state index contributed by atoms with van der Waals surface area (Å²) < 4.78 is 38.3. The summed E-state index contributed by atoms with van der Waals surface area (Å²) in [7, 11) is 0. The van der Waals surface area contributed by atoms with Crippen LogP contribution in [0.25, 0.3) is 5.57 Å². The van der Waals surface area contributed by atoms with Gasteiger partial charge in [0.05, 0.1) is 5.56 Å². The Kier molecular flexibility index (Phi) is 3.64. The number of hydrazine groups is 1. The van der Waals surface area contributed by atoms with Crippen LogP contribution in [0.5, 0.6) is 0 Å². The second-order valence-electron chi connectivity index (χ2n) is 4.97. The van der Waals surface area contributed by atoms with Crippen molar-refractivity contribution in [1.29, 1.82) is 0 Å². The molecule has 3 rings (SSSR count). The lowest BCUT2D eigenvalue weighted by Crippen LogP contribution is -2.45. The molecule has 120 valence electrons. The van der Waals surface area contributed by atoms with Crippen LogP contribution in [-0.4, -0.2) is 28.0 Å². The number of halogens is 3. The number of nitrogens with zero attached hydrogens (tertiary/aromatic N) is 3. The first kappa shape index (κ1) is 15.2. The van der Waals surface area contributed by atoms with Gasteiger partial charge in [-0.25, -0.2) is 4.99 Å². The Morgan fingerprint density at radius 3 is 2.83 bits per heavy atom. The number of carbonyl (C=O) groups excluding carboxylic acids is 1. The molecule has 1 unspecified atom stereocenters. The molecule has 1 amide bonds. The average molecular weight is 323 g/mol. The van der Waals surface area contributed by atoms with E-state index >= 15 is 0 Å². The van der Waals surface area contributed by atoms with Gasteiger partial charge < -0.3 is 5.32 Å². The van der Waals surface area contributed by atoms with Crippen LogP contribution < -0.4 is 10.7 Å². The third-order valence-electron chi connectivity index (χ3n) is 3.19. The van der Waals surface area contributed by atoms with E-state index in [1.165, 1.54) is 18.1 Å². The van der Waals surface area contributed by atoms with Crippen LogP contribution in [0, 0.1) is 0 Å². The zero-order chi connectivity index (χ0) is 16.6. The summed E-state index contributed by atoms with van der Waals surface area (Å²) in [6.07, 6.45) is 1.96. The van der Waals surface area contributed by atoms with Gasteiger partial charge in [-0.15, -0.1) is 0 Å². The minimum Gasteiger partial charge on any atom is -0.321 e. The van der Waals surface area contributed by atoms with Crippen LogP contribution in [-0.2, 0) is 11.0 Å². The summed E-state index contributed by atoms with van der Waals surface area (Å²) in [4.78, 5) is 18.9. The highest BCUT2D eigenvalue weighted by Gasteiger charge is 2.31. The first-order valence-corrected chi connectivity index (χ1v) is 6.66. The van der Waals surface area contributed by atoms with E-state index in [0.717, 1.165) is 12.3 Å². The van der Waals surface area contributed by atoms with E-state index in [9.17, 15) is 18.0 Å². The normalized spacial score (nSPS) is 20.0. The summed E-state index contributed by atoms with van der Waals surface area (Å²) in [5.74, 6) is 0.300. The van der Waals surface area contributed by atoms with Crippen molar-refractivity contribution in [3.8, 4) is 0 Å². The largest absolute Gasteiger partial charge is 0.417 e. The van der Waals surface area contributed by atoms with Gasteiger partial charge in [0.1, 0.15) is 5.84 Å². The molecule has 6 nitrogen and oxygen atoms in total. The van der Waals surface area contributed by atoms with Gasteiger partial charge in [0.15, 0.2) is 6.29 Å². The van der Waals surface area contributed by atoms with Crippen molar-refractivity contribution in [1.82, 2.24) is 20.7 Å². The van der Waals surface area contributed by atoms with E-state index in [1.54, 1.807) is 18.4 Å². The van der Waals surface area contributed by atoms with Crippen molar-refractivity contribution in [3.63, 3.8) is 0 Å². The minimum absolute atomic E-state index is 0.248. The van der Waals surface area contributed by atoms with Crippen molar-refractivity contribution < 1.29 is 18.0 Å². The third kappa shape index (κ3) is 3.24. The van der Waals surface area contributed by atoms with Gasteiger partial charge in [0.2, 0.25) is 5.91 Å². The summed E-state index contributed by atoms with van der Waals surface area (Å²) >= 11 is 0. The maximum Gasteiger partial charge on any atom is 0.417 e. The predicted molar refractivity (Wildman–Crippen MR) is 76.4 cm³/mol. The van der Waals surface area contributed by atoms with Crippen molar-refractivity contribution in [2.45, 2.75) is 19.4 Å². The first-order chi connectivity index (χ1) is 10.8. The van der Waals surface area contributed by atoms with E-state index in [-0.39, 0.29) is 5.91 Å². The quantitative estimate of drug-likeness (QED) is 0.868. The maximum absolute atomic E-state index is 12.8. The molecule has 9 heteroatoms. The number of rotatable bonds is 2. The predicted octanol–water partition coefficient (Wildman–Crippen LogP) is 1.65. The van der Waals surface area contributed by atoms with Gasteiger partial charge >= 0.3 is 6.18 Å². The molecule has 1 atom stereocenters. The fraction of sp³-hybridized carbons (Fsp3) is 0.214. The van der Waals surface area contributed by atoms with E-state index in [0.29, 0.717) is 17.0 Å². The van der Waals surface area contributed by atoms with Crippen LogP contribution in [0.4, 0.5) is 13.2 Å². The Morgan fingerprint density at radius 2 is 2.13 bits per heavy atom. The van der Waals surface area contributed by atoms with Crippen molar-refractivity contribution in [3.05, 3.63) is 47.9 Å². The number of nitrogens with one attached hydrogen (secondary N) is 2. The number of carbonyl (C=O) groups is 1. The molecule has 0 radical (unpaired) electrons. The molecular formula is C14H12F3N5O. The molecule has 23 heavy (non-hydrogen) atoms. The van der Waals surface area contributed by atoms with E-state index in [1.807, 2.05) is 0 Å². The third-order valence-corrected chi connectivity index (χ3v) is 3.19. The number of amidine groups is 1. The zero-order valence-corrected chi connectivity index (χ0v) is 11.9. The lowest BCUT2D eigenvalue weighted by Gasteiger charge is -2.20. The molecule has 2 aliphatic heterocycles. The molecule has 0 fully saturated rings. The molecule has 0 spiro atoms. The van der Waals surface area contributed by atoms with Crippen LogP contribution in [0.15, 0.2) is 41.8 Å². The number of aliphatic imine (C=N–C) groups is 1. The fourth-order valence-corrected chi connectivity index (χ4v) is 2.18. The molecule has 0 saturated carbocycles. The molecule has 0 aromatic carbocycles. The first-order valence-electron chi connectivity index (χ1n) is 6.66. The molecule has 2 N–H and O–H groups in total. The lowest BCUT2D eigenvalue weighted by molar-refractivity contribution is -0.137. The second kappa shape index (κ2) is 5.51. The Hall–Kier alpha value is -2.68. The molecule has 0 aliphatic carbocycles. The van der Waals surface area contributed by atoms with Crippen molar-refractivity contribution >= 4 is 17.3 Å². The molecule has 1 aromatic heterocycles. The summed E-state index contributed by atoms with van der Waals surface area (Å²) in [6.45, 7) is 1.37. The Bertz CT molecular complexity index is 738. The number of amides is 1. The van der Waals surface area contributed by atoms with E-state index < -0.39 is 18.0 Å². The monoisotopic (exact) mass is 323 g/mol. The average Bonchev–Trinajstić information content (AvgIpc) is 2.86. The topological polar surface area (TPSA) is 69.6 Å².